The molecular weight excluding hydrogens is 464 g/mol. The smallest absolute Gasteiger partial charge is 0.411 e. The summed E-state index contributed by atoms with van der Waals surface area (Å²) in [6, 6.07) is 5.66. The first kappa shape index (κ1) is 25.8. The van der Waals surface area contributed by atoms with E-state index in [4.69, 9.17) is 26.8 Å². The number of ether oxygens (including phenoxy) is 2. The highest BCUT2D eigenvalue weighted by Crippen LogP contribution is 2.42. The van der Waals surface area contributed by atoms with E-state index in [1.807, 2.05) is 29.8 Å². The predicted octanol–water partition coefficient (Wildman–Crippen LogP) is 5.76. The zero-order valence-corrected chi connectivity index (χ0v) is 22.0. The topological polar surface area (TPSA) is 82.6 Å². The van der Waals surface area contributed by atoms with Gasteiger partial charge in [-0.15, -0.1) is 5.10 Å². The van der Waals surface area contributed by atoms with Crippen molar-refractivity contribution in [3.63, 3.8) is 0 Å². The van der Waals surface area contributed by atoms with E-state index in [0.29, 0.717) is 35.9 Å². The van der Waals surface area contributed by atoms with E-state index < -0.39 is 6.09 Å². The molecule has 192 valence electrons. The second-order valence-electron chi connectivity index (χ2n) is 10.6. The van der Waals surface area contributed by atoms with Crippen LogP contribution in [-0.4, -0.2) is 47.0 Å². The summed E-state index contributed by atoms with van der Waals surface area (Å²) >= 11 is 6.31. The number of halogens is 1. The molecule has 2 fully saturated rings. The number of carbonyl (C=O) groups excluding carboxylic acids is 1. The lowest BCUT2D eigenvalue weighted by Gasteiger charge is -2.31. The quantitative estimate of drug-likeness (QED) is 0.471. The van der Waals surface area contributed by atoms with Gasteiger partial charge in [0.1, 0.15) is 5.75 Å². The van der Waals surface area contributed by atoms with Gasteiger partial charge in [0.15, 0.2) is 0 Å². The minimum absolute atomic E-state index is 0.309. The number of hydrogen-bond donors (Lipinski definition) is 1. The maximum absolute atomic E-state index is 11.7. The number of benzene rings is 1. The van der Waals surface area contributed by atoms with Crippen molar-refractivity contribution in [2.75, 3.05) is 26.2 Å². The van der Waals surface area contributed by atoms with Crippen LogP contribution in [0.5, 0.6) is 11.6 Å². The second kappa shape index (κ2) is 11.7. The Hall–Kier alpha value is -2.25. The molecule has 2 aromatic rings. The summed E-state index contributed by atoms with van der Waals surface area (Å²) in [5.74, 6) is 2.59. The third-order valence-electron chi connectivity index (χ3n) is 7.30. The molecule has 2 heterocycles. The number of aromatic nitrogens is 2. The van der Waals surface area contributed by atoms with E-state index in [9.17, 15) is 4.79 Å². The van der Waals surface area contributed by atoms with Gasteiger partial charge >= 0.3 is 6.09 Å². The average molecular weight is 503 g/mol. The summed E-state index contributed by atoms with van der Waals surface area (Å²) in [5.41, 5.74) is 8.36. The van der Waals surface area contributed by atoms with Crippen LogP contribution in [0.25, 0.3) is 0 Å². The number of likely N-dealkylation sites (tertiary alicyclic amines) is 1. The molecule has 0 spiro atoms. The van der Waals surface area contributed by atoms with E-state index in [-0.39, 0.29) is 0 Å². The molecule has 1 aliphatic heterocycles. The number of primary amides is 1. The third-order valence-corrected chi connectivity index (χ3v) is 7.54. The Morgan fingerprint density at radius 3 is 2.57 bits per heavy atom. The number of hydrogen-bond acceptors (Lipinski definition) is 5. The number of rotatable bonds is 9. The van der Waals surface area contributed by atoms with Gasteiger partial charge in [0, 0.05) is 28.4 Å². The minimum Gasteiger partial charge on any atom is -0.493 e. The van der Waals surface area contributed by atoms with E-state index >= 15 is 0 Å². The van der Waals surface area contributed by atoms with E-state index in [2.05, 4.69) is 23.8 Å². The van der Waals surface area contributed by atoms with Crippen LogP contribution >= 0.6 is 11.6 Å². The van der Waals surface area contributed by atoms with Gasteiger partial charge in [0.25, 0.3) is 0 Å². The molecule has 0 radical (unpaired) electrons. The lowest BCUT2D eigenvalue weighted by atomic mass is 9.78. The van der Waals surface area contributed by atoms with Crippen LogP contribution in [0.1, 0.15) is 75.1 Å². The van der Waals surface area contributed by atoms with Crippen LogP contribution in [0.3, 0.4) is 0 Å². The largest absolute Gasteiger partial charge is 0.493 e. The second-order valence-corrected chi connectivity index (χ2v) is 11.0. The molecule has 1 amide bonds. The molecule has 0 unspecified atom stereocenters. The zero-order valence-electron chi connectivity index (χ0n) is 21.3. The molecule has 1 aromatic heterocycles. The van der Waals surface area contributed by atoms with E-state index in [0.717, 1.165) is 41.3 Å². The molecule has 0 atom stereocenters. The summed E-state index contributed by atoms with van der Waals surface area (Å²) < 4.78 is 13.3. The molecule has 0 bridgehead atoms. The average Bonchev–Trinajstić information content (AvgIpc) is 3.41. The summed E-state index contributed by atoms with van der Waals surface area (Å²) in [7, 11) is 0. The Bertz CT molecular complexity index is 1010. The Morgan fingerprint density at radius 1 is 1.20 bits per heavy atom. The molecule has 2 N–H and O–H groups in total. The van der Waals surface area contributed by atoms with E-state index in [1.165, 1.54) is 45.3 Å². The van der Waals surface area contributed by atoms with Gasteiger partial charge in [-0.2, -0.15) is 0 Å². The lowest BCUT2D eigenvalue weighted by molar-refractivity contribution is 0.205. The molecule has 8 heteroatoms. The first-order valence-corrected chi connectivity index (χ1v) is 13.4. The van der Waals surface area contributed by atoms with Gasteiger partial charge in [-0.05, 0) is 94.5 Å². The van der Waals surface area contributed by atoms with Gasteiger partial charge in [-0.25, -0.2) is 4.79 Å². The number of nitrogens with zero attached hydrogens (tertiary/aromatic N) is 3. The van der Waals surface area contributed by atoms with Crippen molar-refractivity contribution < 1.29 is 14.3 Å². The zero-order chi connectivity index (χ0) is 24.9. The molecule has 4 rings (SSSR count). The third kappa shape index (κ3) is 6.70. The van der Waals surface area contributed by atoms with Crippen molar-refractivity contribution in [2.45, 2.75) is 71.8 Å². The Labute approximate surface area is 213 Å². The van der Waals surface area contributed by atoms with Crippen molar-refractivity contribution >= 4 is 17.7 Å². The number of carbonyl (C=O) groups is 1. The van der Waals surface area contributed by atoms with Crippen LogP contribution in [0.2, 0.25) is 5.02 Å². The van der Waals surface area contributed by atoms with Crippen molar-refractivity contribution in [3.8, 4) is 11.6 Å². The van der Waals surface area contributed by atoms with Crippen LogP contribution in [-0.2, 0) is 6.54 Å². The van der Waals surface area contributed by atoms with Gasteiger partial charge in [-0.1, -0.05) is 25.4 Å². The highest BCUT2D eigenvalue weighted by molar-refractivity contribution is 6.30. The first-order valence-electron chi connectivity index (χ1n) is 13.0. The molecule has 7 nitrogen and oxygen atoms in total. The van der Waals surface area contributed by atoms with Crippen LogP contribution < -0.4 is 15.2 Å². The van der Waals surface area contributed by atoms with Crippen molar-refractivity contribution in [1.29, 1.82) is 0 Å². The molecule has 35 heavy (non-hydrogen) atoms. The lowest BCUT2D eigenvalue weighted by Crippen LogP contribution is -2.29. The Morgan fingerprint density at radius 2 is 1.91 bits per heavy atom. The molecule has 1 saturated carbocycles. The summed E-state index contributed by atoms with van der Waals surface area (Å²) in [6.07, 6.45) is 6.34. The maximum Gasteiger partial charge on any atom is 0.411 e. The SMILES string of the molecule is Cc1c(C2CCC(CN3CCCC3)CC2)c(OC(N)=O)nn1Cc1cc(Cl)ccc1OCC(C)C. The summed E-state index contributed by atoms with van der Waals surface area (Å²) in [6.45, 7) is 11.1. The first-order chi connectivity index (χ1) is 16.8. The molecule has 1 saturated heterocycles. The summed E-state index contributed by atoms with van der Waals surface area (Å²) in [4.78, 5) is 14.3. The monoisotopic (exact) mass is 502 g/mol. The Balaban J connectivity index is 1.53. The van der Waals surface area contributed by atoms with E-state index in [1.54, 1.807) is 0 Å². The number of nitrogens with two attached hydrogens (primary N) is 1. The highest BCUT2D eigenvalue weighted by atomic mass is 35.5. The van der Waals surface area contributed by atoms with Crippen LogP contribution in [0.15, 0.2) is 18.2 Å². The van der Waals surface area contributed by atoms with Crippen molar-refractivity contribution in [1.82, 2.24) is 14.7 Å². The fraction of sp³-hybridized carbons (Fsp3) is 0.630. The fourth-order valence-corrected chi connectivity index (χ4v) is 5.72. The molecule has 1 aromatic carbocycles. The minimum atomic E-state index is -0.831. The van der Waals surface area contributed by atoms with Gasteiger partial charge in [0.05, 0.1) is 13.2 Å². The summed E-state index contributed by atoms with van der Waals surface area (Å²) in [5, 5.41) is 5.32. The Kier molecular flexibility index (Phi) is 8.60. The maximum atomic E-state index is 11.7. The molecular formula is C27H39ClN4O3. The predicted molar refractivity (Wildman–Crippen MR) is 138 cm³/mol. The van der Waals surface area contributed by atoms with Crippen molar-refractivity contribution in [3.05, 3.63) is 40.0 Å². The molecule has 1 aliphatic carbocycles. The fourth-order valence-electron chi connectivity index (χ4n) is 5.52. The van der Waals surface area contributed by atoms with Gasteiger partial charge in [0.2, 0.25) is 5.88 Å². The highest BCUT2D eigenvalue weighted by Gasteiger charge is 2.31. The standard InChI is InChI=1S/C27H39ClN4O3/c1-18(2)17-34-24-11-10-23(28)14-22(24)16-32-19(3)25(26(30-32)35-27(29)33)21-8-6-20(7-9-21)15-31-12-4-5-13-31/h10-11,14,18,20-21H,4-9,12-13,15-17H2,1-3H3,(H2,29,33). The number of amides is 1. The molecule has 2 aliphatic rings. The van der Waals surface area contributed by atoms with Crippen molar-refractivity contribution in [2.24, 2.45) is 17.6 Å². The van der Waals surface area contributed by atoms with Crippen LogP contribution in [0.4, 0.5) is 4.79 Å². The normalized spacial score (nSPS) is 20.9. The van der Waals surface area contributed by atoms with Crippen LogP contribution in [0, 0.1) is 18.8 Å². The van der Waals surface area contributed by atoms with Gasteiger partial charge < -0.3 is 20.1 Å². The van der Waals surface area contributed by atoms with Gasteiger partial charge in [-0.3, -0.25) is 4.68 Å².